The second-order valence-corrected chi connectivity index (χ2v) is 10.1. The number of carbonyl (C=O) groups excluding carboxylic acids is 1. The number of thiophene rings is 1. The molecule has 3 N–H and O–H groups in total. The number of nitrogens with two attached hydrogens (primary N) is 1. The van der Waals surface area contributed by atoms with Crippen molar-refractivity contribution < 1.29 is 9.53 Å². The van der Waals surface area contributed by atoms with E-state index >= 15 is 0 Å². The Kier molecular flexibility index (Phi) is 5.59. The number of rotatable bonds is 5. The molecule has 3 heterocycles. The maximum Gasteiger partial charge on any atom is 0.269 e. The highest BCUT2D eigenvalue weighted by Gasteiger charge is 2.22. The monoisotopic (exact) mass is 508 g/mol. The van der Waals surface area contributed by atoms with Gasteiger partial charge in [-0.2, -0.15) is 0 Å². The number of benzene rings is 3. The number of fused-ring (bicyclic) bond motifs is 2. The molecule has 6 aromatic rings. The zero-order valence-electron chi connectivity index (χ0n) is 19.2. The van der Waals surface area contributed by atoms with Crippen molar-refractivity contribution in [2.45, 2.75) is 0 Å². The highest BCUT2D eigenvalue weighted by Crippen LogP contribution is 2.41. The number of nitrogens with one attached hydrogen (secondary N) is 1. The Labute approximate surface area is 215 Å². The van der Waals surface area contributed by atoms with Crippen LogP contribution < -0.4 is 15.8 Å². The van der Waals surface area contributed by atoms with Gasteiger partial charge in [0.1, 0.15) is 15.5 Å². The van der Waals surface area contributed by atoms with Gasteiger partial charge in [0.05, 0.1) is 28.7 Å². The molecule has 0 radical (unpaired) electrons. The van der Waals surface area contributed by atoms with E-state index in [1.165, 1.54) is 22.7 Å². The predicted octanol–water partition coefficient (Wildman–Crippen LogP) is 7.08. The average molecular weight is 509 g/mol. The lowest BCUT2D eigenvalue weighted by molar-refractivity contribution is 0.103. The number of ether oxygens (including phenoxy) is 1. The highest BCUT2D eigenvalue weighted by atomic mass is 32.1. The van der Waals surface area contributed by atoms with Crippen LogP contribution in [0.25, 0.3) is 42.8 Å². The molecular formula is C28H20N4O2S2. The molecule has 0 aliphatic rings. The molecule has 36 heavy (non-hydrogen) atoms. The van der Waals surface area contributed by atoms with E-state index in [0.717, 1.165) is 43.7 Å². The van der Waals surface area contributed by atoms with Crippen LogP contribution in [0.2, 0.25) is 0 Å². The van der Waals surface area contributed by atoms with Crippen LogP contribution in [-0.2, 0) is 0 Å². The third kappa shape index (κ3) is 3.96. The van der Waals surface area contributed by atoms with Gasteiger partial charge in [-0.25, -0.2) is 9.97 Å². The first-order valence-electron chi connectivity index (χ1n) is 11.2. The zero-order valence-corrected chi connectivity index (χ0v) is 20.8. The van der Waals surface area contributed by atoms with Gasteiger partial charge < -0.3 is 10.5 Å². The van der Waals surface area contributed by atoms with Gasteiger partial charge in [0.25, 0.3) is 5.91 Å². The van der Waals surface area contributed by atoms with Gasteiger partial charge in [0.2, 0.25) is 0 Å². The molecule has 0 spiro atoms. The fourth-order valence-electron chi connectivity index (χ4n) is 4.13. The first-order valence-corrected chi connectivity index (χ1v) is 12.8. The Morgan fingerprint density at radius 3 is 2.33 bits per heavy atom. The number of thiazole rings is 1. The number of methoxy groups -OCH3 is 1. The smallest absolute Gasteiger partial charge is 0.269 e. The molecule has 6 nitrogen and oxygen atoms in total. The minimum absolute atomic E-state index is 0.304. The highest BCUT2D eigenvalue weighted by molar-refractivity contribution is 7.23. The van der Waals surface area contributed by atoms with Crippen LogP contribution in [0.15, 0.2) is 84.9 Å². The molecule has 0 bridgehead atoms. The van der Waals surface area contributed by atoms with Crippen LogP contribution in [0.5, 0.6) is 5.75 Å². The average Bonchev–Trinajstić information content (AvgIpc) is 3.48. The normalized spacial score (nSPS) is 11.1. The van der Waals surface area contributed by atoms with E-state index in [4.69, 9.17) is 15.5 Å². The maximum atomic E-state index is 13.3. The quantitative estimate of drug-likeness (QED) is 0.260. The summed E-state index contributed by atoms with van der Waals surface area (Å²) in [5.74, 6) is 0.438. The number of aromatic nitrogens is 2. The number of carbonyl (C=O) groups is 1. The molecular weight excluding hydrogens is 488 g/mol. The van der Waals surface area contributed by atoms with Crippen molar-refractivity contribution in [2.24, 2.45) is 0 Å². The Morgan fingerprint density at radius 2 is 1.61 bits per heavy atom. The third-order valence-corrected chi connectivity index (χ3v) is 7.91. The second-order valence-electron chi connectivity index (χ2n) is 8.12. The molecule has 8 heteroatoms. The lowest BCUT2D eigenvalue weighted by Gasteiger charge is -2.09. The minimum Gasteiger partial charge on any atom is -0.497 e. The van der Waals surface area contributed by atoms with Crippen molar-refractivity contribution in [1.29, 1.82) is 0 Å². The van der Waals surface area contributed by atoms with Crippen molar-refractivity contribution in [1.82, 2.24) is 9.97 Å². The summed E-state index contributed by atoms with van der Waals surface area (Å²) in [6, 6.07) is 27.7. The van der Waals surface area contributed by atoms with Gasteiger partial charge in [-0.3, -0.25) is 10.1 Å². The Bertz CT molecular complexity index is 1730. The number of anilines is 2. The topological polar surface area (TPSA) is 90.1 Å². The Balaban J connectivity index is 1.44. The van der Waals surface area contributed by atoms with E-state index in [1.807, 2.05) is 84.9 Å². The van der Waals surface area contributed by atoms with Crippen molar-refractivity contribution in [3.8, 4) is 28.1 Å². The summed E-state index contributed by atoms with van der Waals surface area (Å²) in [5, 5.41) is 4.21. The molecule has 0 saturated heterocycles. The first-order chi connectivity index (χ1) is 17.6. The molecule has 0 saturated carbocycles. The second kappa shape index (κ2) is 9.07. The standard InChI is InChI=1S/C28H20N4O2S2/c1-34-18-12-13-20-22(14-18)35-28(31-20)32-26(33)25-24(29)23-19(16-8-4-2-5-9-16)15-21(30-27(23)36-25)17-10-6-3-7-11-17/h2-15H,29H2,1H3,(H,31,32,33). The predicted molar refractivity (Wildman–Crippen MR) is 149 cm³/mol. The van der Waals surface area contributed by atoms with Crippen molar-refractivity contribution in [3.05, 3.63) is 89.8 Å². The number of nitrogen functional groups attached to an aromatic ring is 1. The molecule has 0 fully saturated rings. The number of nitrogens with zero attached hydrogens (tertiary/aromatic N) is 2. The third-order valence-electron chi connectivity index (χ3n) is 5.88. The van der Waals surface area contributed by atoms with Crippen LogP contribution >= 0.6 is 22.7 Å². The van der Waals surface area contributed by atoms with E-state index in [1.54, 1.807) is 7.11 Å². The number of amides is 1. The summed E-state index contributed by atoms with van der Waals surface area (Å²) in [6.45, 7) is 0. The lowest BCUT2D eigenvalue weighted by Crippen LogP contribution is -2.11. The molecule has 1 amide bonds. The van der Waals surface area contributed by atoms with Crippen LogP contribution in [0.3, 0.4) is 0 Å². The van der Waals surface area contributed by atoms with E-state index in [-0.39, 0.29) is 5.91 Å². The van der Waals surface area contributed by atoms with E-state index in [9.17, 15) is 4.79 Å². The van der Waals surface area contributed by atoms with Crippen LogP contribution in [0.4, 0.5) is 10.8 Å². The molecule has 0 aliphatic carbocycles. The fourth-order valence-corrected chi connectivity index (χ4v) is 6.04. The Hall–Kier alpha value is -4.27. The van der Waals surface area contributed by atoms with Crippen LogP contribution in [0.1, 0.15) is 9.67 Å². The fraction of sp³-hybridized carbons (Fsp3) is 0.0357. The lowest BCUT2D eigenvalue weighted by atomic mass is 9.99. The maximum absolute atomic E-state index is 13.3. The Morgan fingerprint density at radius 1 is 0.889 bits per heavy atom. The van der Waals surface area contributed by atoms with Gasteiger partial charge >= 0.3 is 0 Å². The molecule has 0 unspecified atom stereocenters. The molecule has 0 atom stereocenters. The molecule has 3 aromatic carbocycles. The number of hydrogen-bond donors (Lipinski definition) is 2. The van der Waals surface area contributed by atoms with Gasteiger partial charge in [0, 0.05) is 10.9 Å². The van der Waals surface area contributed by atoms with Gasteiger partial charge in [-0.15, -0.1) is 11.3 Å². The van der Waals surface area contributed by atoms with Crippen molar-refractivity contribution in [2.75, 3.05) is 18.2 Å². The van der Waals surface area contributed by atoms with Crippen molar-refractivity contribution >= 4 is 59.8 Å². The van der Waals surface area contributed by atoms with Gasteiger partial charge in [0.15, 0.2) is 5.13 Å². The molecule has 176 valence electrons. The summed E-state index contributed by atoms with van der Waals surface area (Å²) in [5.41, 5.74) is 11.6. The van der Waals surface area contributed by atoms with Crippen molar-refractivity contribution in [3.63, 3.8) is 0 Å². The minimum atomic E-state index is -0.304. The molecule has 3 aromatic heterocycles. The summed E-state index contributed by atoms with van der Waals surface area (Å²) in [4.78, 5) is 23.9. The van der Waals surface area contributed by atoms with E-state index in [0.29, 0.717) is 20.5 Å². The van der Waals surface area contributed by atoms with Gasteiger partial charge in [-0.05, 0) is 35.4 Å². The number of pyridine rings is 1. The first kappa shape index (κ1) is 22.2. The summed E-state index contributed by atoms with van der Waals surface area (Å²) >= 11 is 2.68. The zero-order chi connectivity index (χ0) is 24.6. The summed E-state index contributed by atoms with van der Waals surface area (Å²) < 4.78 is 6.22. The molecule has 0 aliphatic heterocycles. The summed E-state index contributed by atoms with van der Waals surface area (Å²) in [7, 11) is 1.62. The van der Waals surface area contributed by atoms with E-state index in [2.05, 4.69) is 10.3 Å². The summed E-state index contributed by atoms with van der Waals surface area (Å²) in [6.07, 6.45) is 0. The largest absolute Gasteiger partial charge is 0.497 e. The van der Waals surface area contributed by atoms with Crippen LogP contribution in [0, 0.1) is 0 Å². The molecule has 6 rings (SSSR count). The van der Waals surface area contributed by atoms with Crippen LogP contribution in [-0.4, -0.2) is 23.0 Å². The van der Waals surface area contributed by atoms with E-state index < -0.39 is 0 Å². The SMILES string of the molecule is COc1ccc2nc(NC(=O)c3sc4nc(-c5ccccc5)cc(-c5ccccc5)c4c3N)sc2c1. The number of hydrogen-bond acceptors (Lipinski definition) is 7. The van der Waals surface area contributed by atoms with Gasteiger partial charge in [-0.1, -0.05) is 72.0 Å².